The van der Waals surface area contributed by atoms with Gasteiger partial charge in [-0.15, -0.1) is 0 Å². The Kier molecular flexibility index (Phi) is 3.77. The lowest BCUT2D eigenvalue weighted by molar-refractivity contribution is -0.116. The molecular weight excluding hydrogens is 290 g/mol. The van der Waals surface area contributed by atoms with E-state index in [-0.39, 0.29) is 5.91 Å². The Morgan fingerprint density at radius 1 is 1.38 bits per heavy atom. The first-order chi connectivity index (χ1) is 10.1. The lowest BCUT2D eigenvalue weighted by Crippen LogP contribution is -2.19. The van der Waals surface area contributed by atoms with Crippen LogP contribution in [0.1, 0.15) is 17.3 Å². The lowest BCUT2D eigenvalue weighted by atomic mass is 10.1. The molecule has 5 nitrogen and oxygen atoms in total. The van der Waals surface area contributed by atoms with Crippen molar-refractivity contribution in [2.75, 3.05) is 11.9 Å². The summed E-state index contributed by atoms with van der Waals surface area (Å²) in [5.41, 5.74) is 8.07. The number of amides is 1. The minimum Gasteiger partial charge on any atom is -0.492 e. The van der Waals surface area contributed by atoms with Crippen LogP contribution < -0.4 is 15.8 Å². The Hall–Kier alpha value is -2.11. The van der Waals surface area contributed by atoms with Crippen LogP contribution in [0.5, 0.6) is 5.75 Å². The number of carbonyl (C=O) groups excluding carboxylic acids is 1. The van der Waals surface area contributed by atoms with Gasteiger partial charge in [0, 0.05) is 35.6 Å². The lowest BCUT2D eigenvalue weighted by Gasteiger charge is -2.10. The van der Waals surface area contributed by atoms with Crippen molar-refractivity contribution in [3.05, 3.63) is 52.8 Å². The first-order valence-corrected chi connectivity index (χ1v) is 6.95. The average molecular weight is 304 g/mol. The van der Waals surface area contributed by atoms with Crippen molar-refractivity contribution >= 4 is 23.2 Å². The number of hydrogen-bond acceptors (Lipinski definition) is 4. The van der Waals surface area contributed by atoms with E-state index in [1.165, 1.54) is 0 Å². The van der Waals surface area contributed by atoms with Crippen LogP contribution in [-0.4, -0.2) is 17.5 Å². The van der Waals surface area contributed by atoms with E-state index in [1.807, 2.05) is 18.2 Å². The predicted molar refractivity (Wildman–Crippen MR) is 80.4 cm³/mol. The molecule has 21 heavy (non-hydrogen) atoms. The molecular formula is C15H14ClN3O2. The summed E-state index contributed by atoms with van der Waals surface area (Å²) in [4.78, 5) is 15.7. The number of fused-ring (bicyclic) bond motifs is 1. The van der Waals surface area contributed by atoms with Crippen LogP contribution in [0.15, 0.2) is 36.5 Å². The summed E-state index contributed by atoms with van der Waals surface area (Å²) in [5, 5.41) is 3.15. The highest BCUT2D eigenvalue weighted by molar-refractivity contribution is 6.32. The second kappa shape index (κ2) is 5.71. The number of hydrogen-bond donors (Lipinski definition) is 2. The summed E-state index contributed by atoms with van der Waals surface area (Å²) in [5.74, 6) is 0.299. The molecule has 108 valence electrons. The molecule has 3 rings (SSSR count). The highest BCUT2D eigenvalue weighted by atomic mass is 35.5. The molecule has 2 heterocycles. The first kappa shape index (κ1) is 13.9. The molecule has 0 fully saturated rings. The second-order valence-corrected chi connectivity index (χ2v) is 5.16. The first-order valence-electron chi connectivity index (χ1n) is 6.58. The molecule has 2 aromatic rings. The Morgan fingerprint density at radius 2 is 2.24 bits per heavy atom. The number of aromatic nitrogens is 1. The molecule has 1 unspecified atom stereocenters. The summed E-state index contributed by atoms with van der Waals surface area (Å²) in [7, 11) is 0. The highest BCUT2D eigenvalue weighted by Gasteiger charge is 2.28. The molecule has 1 amide bonds. The molecule has 1 atom stereocenters. The number of benzene rings is 1. The molecule has 0 bridgehead atoms. The van der Waals surface area contributed by atoms with Gasteiger partial charge in [-0.25, -0.2) is 0 Å². The van der Waals surface area contributed by atoms with Crippen molar-refractivity contribution in [3.63, 3.8) is 0 Å². The number of pyridine rings is 1. The quantitative estimate of drug-likeness (QED) is 0.908. The minimum absolute atomic E-state index is 0.230. The highest BCUT2D eigenvalue weighted by Crippen LogP contribution is 2.37. The Labute approximate surface area is 127 Å². The van der Waals surface area contributed by atoms with Gasteiger partial charge >= 0.3 is 0 Å². The maximum absolute atomic E-state index is 11.5. The van der Waals surface area contributed by atoms with E-state index in [1.54, 1.807) is 18.3 Å². The molecule has 0 spiro atoms. The van der Waals surface area contributed by atoms with Gasteiger partial charge in [0.25, 0.3) is 0 Å². The fourth-order valence-electron chi connectivity index (χ4n) is 2.21. The third-order valence-corrected chi connectivity index (χ3v) is 3.62. The van der Waals surface area contributed by atoms with Crippen molar-refractivity contribution in [1.29, 1.82) is 0 Å². The van der Waals surface area contributed by atoms with Gasteiger partial charge in [-0.05, 0) is 18.2 Å². The molecule has 1 aromatic carbocycles. The van der Waals surface area contributed by atoms with E-state index in [4.69, 9.17) is 22.1 Å². The number of nitrogens with two attached hydrogens (primary N) is 1. The van der Waals surface area contributed by atoms with Crippen molar-refractivity contribution < 1.29 is 9.53 Å². The van der Waals surface area contributed by atoms with Crippen LogP contribution in [0.2, 0.25) is 5.02 Å². The standard InChI is InChI=1S/C15H14ClN3O2/c16-11-7-10-12(19-15(20)14(10)17)8-13(11)21-6-4-9-3-1-2-5-18-9/h1-3,5,7-8,14H,4,6,17H2,(H,19,20). The number of rotatable bonds is 4. The number of halogens is 1. The Balaban J connectivity index is 1.70. The zero-order valence-electron chi connectivity index (χ0n) is 11.2. The van der Waals surface area contributed by atoms with Crippen LogP contribution in [0.3, 0.4) is 0 Å². The Morgan fingerprint density at radius 3 is 3.00 bits per heavy atom. The molecule has 3 N–H and O–H groups in total. The predicted octanol–water partition coefficient (Wildman–Crippen LogP) is 2.31. The average Bonchev–Trinajstić information content (AvgIpc) is 2.76. The largest absolute Gasteiger partial charge is 0.492 e. The molecule has 6 heteroatoms. The van der Waals surface area contributed by atoms with Crippen molar-refractivity contribution in [2.45, 2.75) is 12.5 Å². The summed E-state index contributed by atoms with van der Waals surface area (Å²) < 4.78 is 5.67. The van der Waals surface area contributed by atoms with Crippen molar-refractivity contribution in [2.24, 2.45) is 5.73 Å². The summed E-state index contributed by atoms with van der Waals surface area (Å²) in [6.45, 7) is 0.454. The summed E-state index contributed by atoms with van der Waals surface area (Å²) >= 11 is 6.17. The zero-order chi connectivity index (χ0) is 14.8. The Bertz CT molecular complexity index is 676. The summed E-state index contributed by atoms with van der Waals surface area (Å²) in [6, 6.07) is 8.46. The van der Waals surface area contributed by atoms with Gasteiger partial charge in [-0.1, -0.05) is 17.7 Å². The molecule has 1 aromatic heterocycles. The van der Waals surface area contributed by atoms with Crippen molar-refractivity contribution in [3.8, 4) is 5.75 Å². The topological polar surface area (TPSA) is 77.2 Å². The zero-order valence-corrected chi connectivity index (χ0v) is 11.9. The fraction of sp³-hybridized carbons (Fsp3) is 0.200. The molecule has 0 saturated carbocycles. The van der Waals surface area contributed by atoms with Crippen LogP contribution in [0.25, 0.3) is 0 Å². The SMILES string of the molecule is NC1C(=O)Nc2cc(OCCc3ccccn3)c(Cl)cc21. The van der Waals surface area contributed by atoms with Crippen LogP contribution >= 0.6 is 11.6 Å². The van der Waals surface area contributed by atoms with Gasteiger partial charge in [0.15, 0.2) is 0 Å². The van der Waals surface area contributed by atoms with Gasteiger partial charge in [0.05, 0.1) is 11.6 Å². The van der Waals surface area contributed by atoms with E-state index >= 15 is 0 Å². The van der Waals surface area contributed by atoms with Gasteiger partial charge < -0.3 is 15.8 Å². The van der Waals surface area contributed by atoms with Gasteiger partial charge in [0.1, 0.15) is 11.8 Å². The number of carbonyl (C=O) groups is 1. The number of nitrogens with one attached hydrogen (secondary N) is 1. The monoisotopic (exact) mass is 303 g/mol. The summed E-state index contributed by atoms with van der Waals surface area (Å²) in [6.07, 6.45) is 2.43. The van der Waals surface area contributed by atoms with E-state index in [0.717, 1.165) is 5.69 Å². The fourth-order valence-corrected chi connectivity index (χ4v) is 2.43. The van der Waals surface area contributed by atoms with Crippen LogP contribution in [0, 0.1) is 0 Å². The van der Waals surface area contributed by atoms with E-state index < -0.39 is 6.04 Å². The van der Waals surface area contributed by atoms with Crippen LogP contribution in [-0.2, 0) is 11.2 Å². The van der Waals surface area contributed by atoms with E-state index in [0.29, 0.717) is 35.1 Å². The normalized spacial score (nSPS) is 16.5. The smallest absolute Gasteiger partial charge is 0.245 e. The maximum atomic E-state index is 11.5. The third-order valence-electron chi connectivity index (χ3n) is 3.32. The van der Waals surface area contributed by atoms with Crippen molar-refractivity contribution in [1.82, 2.24) is 4.98 Å². The van der Waals surface area contributed by atoms with Crippen LogP contribution in [0.4, 0.5) is 5.69 Å². The molecule has 1 aliphatic rings. The molecule has 0 aliphatic carbocycles. The minimum atomic E-state index is -0.667. The number of ether oxygens (including phenoxy) is 1. The second-order valence-electron chi connectivity index (χ2n) is 4.76. The van der Waals surface area contributed by atoms with E-state index in [9.17, 15) is 4.79 Å². The van der Waals surface area contributed by atoms with Gasteiger partial charge in [0.2, 0.25) is 5.91 Å². The number of nitrogens with zero attached hydrogens (tertiary/aromatic N) is 1. The van der Waals surface area contributed by atoms with E-state index in [2.05, 4.69) is 10.3 Å². The van der Waals surface area contributed by atoms with Gasteiger partial charge in [-0.2, -0.15) is 0 Å². The molecule has 0 radical (unpaired) electrons. The van der Waals surface area contributed by atoms with Gasteiger partial charge in [-0.3, -0.25) is 9.78 Å². The number of anilines is 1. The maximum Gasteiger partial charge on any atom is 0.245 e. The molecule has 1 aliphatic heterocycles. The third kappa shape index (κ3) is 2.84. The molecule has 0 saturated heterocycles.